The van der Waals surface area contributed by atoms with Gasteiger partial charge in [-0.15, -0.1) is 0 Å². The Kier molecular flexibility index (Phi) is 7.59. The minimum atomic E-state index is -0.319. The second-order valence-corrected chi connectivity index (χ2v) is 4.51. The Bertz CT molecular complexity index is 416. The Labute approximate surface area is 121 Å². The van der Waals surface area contributed by atoms with Crippen molar-refractivity contribution in [3.8, 4) is 0 Å². The van der Waals surface area contributed by atoms with Gasteiger partial charge in [0.2, 0.25) is 0 Å². The van der Waals surface area contributed by atoms with Crippen molar-refractivity contribution in [2.75, 3.05) is 31.7 Å². The Morgan fingerprint density at radius 3 is 2.74 bits per heavy atom. The Hall–Kier alpha value is -1.01. The zero-order chi connectivity index (χ0) is 14.1. The third kappa shape index (κ3) is 6.63. The second kappa shape index (κ2) is 8.98. The summed E-state index contributed by atoms with van der Waals surface area (Å²) in [6, 6.07) is 4.54. The van der Waals surface area contributed by atoms with E-state index >= 15 is 0 Å². The Morgan fingerprint density at radius 2 is 2.05 bits per heavy atom. The summed E-state index contributed by atoms with van der Waals surface area (Å²) in [5, 5.41) is 14.6. The molecule has 0 fully saturated rings. The summed E-state index contributed by atoms with van der Waals surface area (Å²) < 4.78 is 5.06. The summed E-state index contributed by atoms with van der Waals surface area (Å²) in [4.78, 5) is 11.5. The lowest BCUT2D eigenvalue weighted by Crippen LogP contribution is -2.30. The molecule has 7 heteroatoms. The van der Waals surface area contributed by atoms with Crippen LogP contribution in [0.5, 0.6) is 0 Å². The number of aliphatic hydroxyl groups excluding tert-OH is 1. The number of ether oxygens (including phenoxy) is 1. The van der Waals surface area contributed by atoms with Crippen LogP contribution in [0.25, 0.3) is 0 Å². The summed E-state index contributed by atoms with van der Waals surface area (Å²) in [6.45, 7) is 1.30. The molecule has 106 valence electrons. The quantitative estimate of drug-likeness (QED) is 0.678. The fraction of sp³-hybridized carbons (Fsp3) is 0.417. The van der Waals surface area contributed by atoms with E-state index in [4.69, 9.17) is 33.0 Å². The van der Waals surface area contributed by atoms with Gasteiger partial charge in [-0.05, 0) is 24.6 Å². The van der Waals surface area contributed by atoms with Gasteiger partial charge in [-0.25, -0.2) is 4.79 Å². The molecule has 1 rings (SSSR count). The SMILES string of the molecule is O=C(NCCCOCCO)Nc1ccc(Cl)c(Cl)c1. The van der Waals surface area contributed by atoms with Gasteiger partial charge in [0.25, 0.3) is 0 Å². The van der Waals surface area contributed by atoms with Gasteiger partial charge in [0.1, 0.15) is 0 Å². The van der Waals surface area contributed by atoms with E-state index in [0.29, 0.717) is 41.9 Å². The van der Waals surface area contributed by atoms with Gasteiger partial charge in [-0.1, -0.05) is 23.2 Å². The number of halogens is 2. The van der Waals surface area contributed by atoms with Crippen LogP contribution < -0.4 is 10.6 Å². The van der Waals surface area contributed by atoms with Crippen LogP contribution in [0.3, 0.4) is 0 Å². The number of carbonyl (C=O) groups is 1. The number of aliphatic hydroxyl groups is 1. The topological polar surface area (TPSA) is 70.6 Å². The van der Waals surface area contributed by atoms with Crippen LogP contribution in [0.15, 0.2) is 18.2 Å². The third-order valence-corrected chi connectivity index (χ3v) is 2.90. The minimum Gasteiger partial charge on any atom is -0.394 e. The monoisotopic (exact) mass is 306 g/mol. The highest BCUT2D eigenvalue weighted by atomic mass is 35.5. The van der Waals surface area contributed by atoms with E-state index in [0.717, 1.165) is 0 Å². The average molecular weight is 307 g/mol. The van der Waals surface area contributed by atoms with E-state index in [1.54, 1.807) is 18.2 Å². The number of nitrogens with one attached hydrogen (secondary N) is 2. The molecule has 0 aliphatic heterocycles. The van der Waals surface area contributed by atoms with Crippen LogP contribution in [0, 0.1) is 0 Å². The number of amides is 2. The maximum absolute atomic E-state index is 11.5. The van der Waals surface area contributed by atoms with Crippen molar-refractivity contribution in [1.29, 1.82) is 0 Å². The molecule has 0 aliphatic carbocycles. The molecule has 0 radical (unpaired) electrons. The molecule has 19 heavy (non-hydrogen) atoms. The number of carbonyl (C=O) groups excluding carboxylic acids is 1. The van der Waals surface area contributed by atoms with Gasteiger partial charge in [-0.2, -0.15) is 0 Å². The van der Waals surface area contributed by atoms with Crippen molar-refractivity contribution in [1.82, 2.24) is 5.32 Å². The van der Waals surface area contributed by atoms with Gasteiger partial charge in [-0.3, -0.25) is 0 Å². The number of benzene rings is 1. The molecular weight excluding hydrogens is 291 g/mol. The molecule has 0 saturated carbocycles. The summed E-state index contributed by atoms with van der Waals surface area (Å²) in [7, 11) is 0. The first kappa shape index (κ1) is 16.0. The lowest BCUT2D eigenvalue weighted by Gasteiger charge is -2.08. The van der Waals surface area contributed by atoms with Crippen LogP contribution in [0.2, 0.25) is 10.0 Å². The highest BCUT2D eigenvalue weighted by Gasteiger charge is 2.03. The van der Waals surface area contributed by atoms with E-state index in [2.05, 4.69) is 10.6 Å². The molecule has 0 aliphatic rings. The predicted molar refractivity (Wildman–Crippen MR) is 76.0 cm³/mol. The molecule has 0 bridgehead atoms. The van der Waals surface area contributed by atoms with Crippen molar-refractivity contribution >= 4 is 34.9 Å². The summed E-state index contributed by atoms with van der Waals surface area (Å²) in [6.07, 6.45) is 0.675. The lowest BCUT2D eigenvalue weighted by molar-refractivity contribution is 0.0910. The number of hydrogen-bond donors (Lipinski definition) is 3. The van der Waals surface area contributed by atoms with Crippen molar-refractivity contribution in [3.63, 3.8) is 0 Å². The smallest absolute Gasteiger partial charge is 0.319 e. The lowest BCUT2D eigenvalue weighted by atomic mass is 10.3. The van der Waals surface area contributed by atoms with Crippen LogP contribution in [0.4, 0.5) is 10.5 Å². The molecule has 1 aromatic rings. The largest absolute Gasteiger partial charge is 0.394 e. The molecule has 0 heterocycles. The fourth-order valence-corrected chi connectivity index (χ4v) is 1.59. The molecule has 2 amide bonds. The van der Waals surface area contributed by atoms with Crippen LogP contribution >= 0.6 is 23.2 Å². The number of rotatable bonds is 7. The summed E-state index contributed by atoms with van der Waals surface area (Å²) in [5.41, 5.74) is 0.573. The normalized spacial score (nSPS) is 10.3. The van der Waals surface area contributed by atoms with Gasteiger partial charge >= 0.3 is 6.03 Å². The van der Waals surface area contributed by atoms with Crippen LogP contribution in [-0.2, 0) is 4.74 Å². The number of anilines is 1. The molecule has 0 spiro atoms. The van der Waals surface area contributed by atoms with Crippen molar-refractivity contribution in [2.45, 2.75) is 6.42 Å². The summed E-state index contributed by atoms with van der Waals surface area (Å²) >= 11 is 11.6. The highest BCUT2D eigenvalue weighted by Crippen LogP contribution is 2.24. The van der Waals surface area contributed by atoms with E-state index < -0.39 is 0 Å². The van der Waals surface area contributed by atoms with Crippen LogP contribution in [-0.4, -0.2) is 37.5 Å². The standard InChI is InChI=1S/C12H16Cl2N2O3/c13-10-3-2-9(8-11(10)14)16-12(18)15-4-1-6-19-7-5-17/h2-3,8,17H,1,4-7H2,(H2,15,16,18). The van der Waals surface area contributed by atoms with Gasteiger partial charge in [0, 0.05) is 18.8 Å². The first-order chi connectivity index (χ1) is 9.13. The molecular formula is C12H16Cl2N2O3. The summed E-state index contributed by atoms with van der Waals surface area (Å²) in [5.74, 6) is 0. The van der Waals surface area contributed by atoms with Crippen LogP contribution in [0.1, 0.15) is 6.42 Å². The van der Waals surface area contributed by atoms with Crippen molar-refractivity contribution in [3.05, 3.63) is 28.2 Å². The zero-order valence-corrected chi connectivity index (χ0v) is 11.8. The fourth-order valence-electron chi connectivity index (χ4n) is 1.29. The van der Waals surface area contributed by atoms with Gasteiger partial charge in [0.15, 0.2) is 0 Å². The molecule has 1 aromatic carbocycles. The first-order valence-corrected chi connectivity index (χ1v) is 6.57. The Morgan fingerprint density at radius 1 is 1.26 bits per heavy atom. The molecule has 3 N–H and O–H groups in total. The Balaban J connectivity index is 2.21. The average Bonchev–Trinajstić information content (AvgIpc) is 2.38. The van der Waals surface area contributed by atoms with Gasteiger partial charge < -0.3 is 20.5 Å². The number of hydrogen-bond acceptors (Lipinski definition) is 3. The first-order valence-electron chi connectivity index (χ1n) is 5.82. The van der Waals surface area contributed by atoms with E-state index in [-0.39, 0.29) is 12.6 Å². The van der Waals surface area contributed by atoms with Crippen molar-refractivity contribution < 1.29 is 14.6 Å². The molecule has 0 unspecified atom stereocenters. The minimum absolute atomic E-state index is 0.00520. The molecule has 5 nitrogen and oxygen atoms in total. The molecule has 0 aromatic heterocycles. The second-order valence-electron chi connectivity index (χ2n) is 3.70. The van der Waals surface area contributed by atoms with Gasteiger partial charge in [0.05, 0.1) is 23.3 Å². The maximum atomic E-state index is 11.5. The third-order valence-electron chi connectivity index (χ3n) is 2.16. The van der Waals surface area contributed by atoms with Crippen molar-refractivity contribution in [2.24, 2.45) is 0 Å². The highest BCUT2D eigenvalue weighted by molar-refractivity contribution is 6.42. The van der Waals surface area contributed by atoms with E-state index in [1.165, 1.54) is 0 Å². The van der Waals surface area contributed by atoms with E-state index in [9.17, 15) is 4.79 Å². The molecule has 0 saturated heterocycles. The zero-order valence-electron chi connectivity index (χ0n) is 10.3. The maximum Gasteiger partial charge on any atom is 0.319 e. The number of urea groups is 1. The molecule has 0 atom stereocenters. The van der Waals surface area contributed by atoms with E-state index in [1.807, 2.05) is 0 Å². The predicted octanol–water partition coefficient (Wildman–Crippen LogP) is 2.51.